The van der Waals surface area contributed by atoms with E-state index in [2.05, 4.69) is 5.10 Å². The van der Waals surface area contributed by atoms with E-state index in [1.807, 2.05) is 30.3 Å². The van der Waals surface area contributed by atoms with Gasteiger partial charge in [0.1, 0.15) is 0 Å². The van der Waals surface area contributed by atoms with Crippen LogP contribution in [0.5, 0.6) is 11.5 Å². The third-order valence-corrected chi connectivity index (χ3v) is 5.27. The normalized spacial score (nSPS) is 15.6. The fraction of sp³-hybridized carbons (Fsp3) is 0.318. The second-order valence-electron chi connectivity index (χ2n) is 6.84. The number of benzene rings is 2. The van der Waals surface area contributed by atoms with E-state index in [-0.39, 0.29) is 31.2 Å². The van der Waals surface area contributed by atoms with Gasteiger partial charge in [-0.3, -0.25) is 9.59 Å². The number of methoxy groups -OCH3 is 2. The third kappa shape index (κ3) is 4.74. The summed E-state index contributed by atoms with van der Waals surface area (Å²) in [5.41, 5.74) is 2.32. The number of nitrogens with zero attached hydrogens (tertiary/aromatic N) is 2. The second-order valence-corrected chi connectivity index (χ2v) is 7.25. The number of hydrazone groups is 1. The highest BCUT2D eigenvalue weighted by atomic mass is 35.5. The lowest BCUT2D eigenvalue weighted by Gasteiger charge is -2.22. The SMILES string of the molecule is COc1ccc(C2=NN(C(=O)CCCC(=O)O)[C@H](c3ccccc3Cl)C2)cc1OC. The number of amides is 1. The van der Waals surface area contributed by atoms with Crippen molar-refractivity contribution < 1.29 is 24.2 Å². The first-order chi connectivity index (χ1) is 14.4. The number of halogens is 1. The van der Waals surface area contributed by atoms with Crippen LogP contribution in [-0.2, 0) is 9.59 Å². The molecule has 1 amide bonds. The first-order valence-electron chi connectivity index (χ1n) is 9.52. The average molecular weight is 431 g/mol. The molecule has 2 aromatic rings. The molecule has 30 heavy (non-hydrogen) atoms. The zero-order valence-corrected chi connectivity index (χ0v) is 17.6. The molecule has 1 heterocycles. The van der Waals surface area contributed by atoms with Crippen molar-refractivity contribution in [1.29, 1.82) is 0 Å². The van der Waals surface area contributed by atoms with Gasteiger partial charge in [0.05, 0.1) is 26.0 Å². The van der Waals surface area contributed by atoms with Gasteiger partial charge in [0.2, 0.25) is 5.91 Å². The Bertz CT molecular complexity index is 976. The summed E-state index contributed by atoms with van der Waals surface area (Å²) in [6.07, 6.45) is 0.754. The molecule has 0 spiro atoms. The first kappa shape index (κ1) is 21.6. The van der Waals surface area contributed by atoms with Crippen molar-refractivity contribution in [1.82, 2.24) is 5.01 Å². The lowest BCUT2D eigenvalue weighted by Crippen LogP contribution is -2.27. The van der Waals surface area contributed by atoms with Gasteiger partial charge in [0.15, 0.2) is 11.5 Å². The smallest absolute Gasteiger partial charge is 0.303 e. The van der Waals surface area contributed by atoms with Crippen LogP contribution in [0.4, 0.5) is 0 Å². The number of aliphatic carboxylic acids is 1. The van der Waals surface area contributed by atoms with Crippen LogP contribution in [0.2, 0.25) is 5.02 Å². The van der Waals surface area contributed by atoms with Crippen molar-refractivity contribution in [3.63, 3.8) is 0 Å². The van der Waals surface area contributed by atoms with Crippen LogP contribution in [0.3, 0.4) is 0 Å². The second kappa shape index (κ2) is 9.63. The van der Waals surface area contributed by atoms with Gasteiger partial charge < -0.3 is 14.6 Å². The summed E-state index contributed by atoms with van der Waals surface area (Å²) in [5, 5.41) is 15.4. The fourth-order valence-corrected chi connectivity index (χ4v) is 3.69. The zero-order chi connectivity index (χ0) is 21.7. The molecule has 1 aliphatic rings. The lowest BCUT2D eigenvalue weighted by atomic mass is 9.98. The molecular formula is C22H23ClN2O5. The summed E-state index contributed by atoms with van der Waals surface area (Å²) < 4.78 is 10.7. The van der Waals surface area contributed by atoms with E-state index in [4.69, 9.17) is 26.2 Å². The van der Waals surface area contributed by atoms with Crippen LogP contribution >= 0.6 is 11.6 Å². The Morgan fingerprint density at radius 1 is 1.13 bits per heavy atom. The highest BCUT2D eigenvalue weighted by Crippen LogP contribution is 2.38. The van der Waals surface area contributed by atoms with Crippen LogP contribution in [0, 0.1) is 0 Å². The maximum absolute atomic E-state index is 12.9. The van der Waals surface area contributed by atoms with Gasteiger partial charge in [-0.25, -0.2) is 5.01 Å². The van der Waals surface area contributed by atoms with Gasteiger partial charge in [-0.15, -0.1) is 0 Å². The van der Waals surface area contributed by atoms with Gasteiger partial charge in [0, 0.05) is 29.8 Å². The predicted molar refractivity (Wildman–Crippen MR) is 113 cm³/mol. The fourth-order valence-electron chi connectivity index (χ4n) is 3.42. The Morgan fingerprint density at radius 2 is 1.87 bits per heavy atom. The van der Waals surface area contributed by atoms with Crippen LogP contribution in [0.25, 0.3) is 0 Å². The molecule has 1 aliphatic heterocycles. The minimum absolute atomic E-state index is 0.0669. The summed E-state index contributed by atoms with van der Waals surface area (Å²) in [7, 11) is 3.12. The van der Waals surface area contributed by atoms with E-state index in [9.17, 15) is 9.59 Å². The molecule has 0 unspecified atom stereocenters. The van der Waals surface area contributed by atoms with Crippen molar-refractivity contribution >= 4 is 29.2 Å². The molecule has 3 rings (SSSR count). The molecule has 0 saturated carbocycles. The molecule has 0 bridgehead atoms. The number of carboxylic acid groups (broad SMARTS) is 1. The highest BCUT2D eigenvalue weighted by molar-refractivity contribution is 6.31. The molecule has 0 saturated heterocycles. The van der Waals surface area contributed by atoms with Crippen molar-refractivity contribution in [3.05, 3.63) is 58.6 Å². The number of hydrogen-bond donors (Lipinski definition) is 1. The Balaban J connectivity index is 1.92. The monoisotopic (exact) mass is 430 g/mol. The van der Waals surface area contributed by atoms with Crippen molar-refractivity contribution in [2.75, 3.05) is 14.2 Å². The van der Waals surface area contributed by atoms with Crippen LogP contribution in [-0.4, -0.2) is 41.9 Å². The Hall–Kier alpha value is -3.06. The van der Waals surface area contributed by atoms with Gasteiger partial charge in [0.25, 0.3) is 0 Å². The Morgan fingerprint density at radius 3 is 2.53 bits per heavy atom. The highest BCUT2D eigenvalue weighted by Gasteiger charge is 2.34. The van der Waals surface area contributed by atoms with Crippen molar-refractivity contribution in [2.24, 2.45) is 5.10 Å². The average Bonchev–Trinajstić information content (AvgIpc) is 3.18. The predicted octanol–water partition coefficient (Wildman–Crippen LogP) is 4.29. The molecule has 1 atom stereocenters. The summed E-state index contributed by atoms with van der Waals surface area (Å²) in [6, 6.07) is 12.5. The maximum atomic E-state index is 12.9. The molecule has 1 N–H and O–H groups in total. The van der Waals surface area contributed by atoms with Crippen molar-refractivity contribution in [3.8, 4) is 11.5 Å². The van der Waals surface area contributed by atoms with E-state index >= 15 is 0 Å². The minimum Gasteiger partial charge on any atom is -0.493 e. The summed E-state index contributed by atoms with van der Waals surface area (Å²) in [5.74, 6) is 0.000345. The number of carbonyl (C=O) groups is 2. The molecule has 7 nitrogen and oxygen atoms in total. The van der Waals surface area contributed by atoms with Crippen LogP contribution < -0.4 is 9.47 Å². The number of hydrogen-bond acceptors (Lipinski definition) is 5. The summed E-state index contributed by atoms with van der Waals surface area (Å²) in [6.45, 7) is 0. The van der Waals surface area contributed by atoms with Gasteiger partial charge in [-0.1, -0.05) is 29.8 Å². The minimum atomic E-state index is -0.929. The molecule has 0 radical (unpaired) electrons. The van der Waals surface area contributed by atoms with E-state index < -0.39 is 5.97 Å². The van der Waals surface area contributed by atoms with Crippen LogP contribution in [0.1, 0.15) is 42.9 Å². The van der Waals surface area contributed by atoms with Gasteiger partial charge >= 0.3 is 5.97 Å². The first-order valence-corrected chi connectivity index (χ1v) is 9.90. The number of carbonyl (C=O) groups excluding carboxylic acids is 1. The molecule has 158 valence electrons. The number of rotatable bonds is 8. The van der Waals surface area contributed by atoms with Crippen LogP contribution in [0.15, 0.2) is 47.6 Å². The van der Waals surface area contributed by atoms with E-state index in [0.717, 1.165) is 11.1 Å². The lowest BCUT2D eigenvalue weighted by molar-refractivity contribution is -0.137. The van der Waals surface area contributed by atoms with E-state index in [0.29, 0.717) is 28.7 Å². The topological polar surface area (TPSA) is 88.4 Å². The molecule has 0 aromatic heterocycles. The molecular weight excluding hydrogens is 408 g/mol. The molecule has 0 aliphatic carbocycles. The van der Waals surface area contributed by atoms with E-state index in [1.54, 1.807) is 26.4 Å². The molecule has 2 aromatic carbocycles. The number of ether oxygens (including phenoxy) is 2. The maximum Gasteiger partial charge on any atom is 0.303 e. The van der Waals surface area contributed by atoms with Gasteiger partial charge in [-0.2, -0.15) is 5.10 Å². The summed E-state index contributed by atoms with van der Waals surface area (Å²) >= 11 is 6.40. The molecule has 8 heteroatoms. The standard InChI is InChI=1S/C22H23ClN2O5/c1-29-19-11-10-14(12-20(19)30-2)17-13-18(15-6-3-4-7-16(15)23)25(24-17)21(26)8-5-9-22(27)28/h3-4,6-7,10-12,18H,5,8-9,13H2,1-2H3,(H,27,28)/t18-/m0/s1. The zero-order valence-electron chi connectivity index (χ0n) is 16.8. The quantitative estimate of drug-likeness (QED) is 0.674. The summed E-state index contributed by atoms with van der Waals surface area (Å²) in [4.78, 5) is 23.7. The Kier molecular flexibility index (Phi) is 6.95. The Labute approximate surface area is 179 Å². The van der Waals surface area contributed by atoms with E-state index in [1.165, 1.54) is 5.01 Å². The third-order valence-electron chi connectivity index (χ3n) is 4.93. The molecule has 0 fully saturated rings. The van der Waals surface area contributed by atoms with Gasteiger partial charge in [-0.05, 0) is 36.2 Å². The van der Waals surface area contributed by atoms with Crippen molar-refractivity contribution in [2.45, 2.75) is 31.7 Å². The largest absolute Gasteiger partial charge is 0.493 e. The number of carboxylic acids is 1.